The minimum absolute atomic E-state index is 0.232. The van der Waals surface area contributed by atoms with Crippen LogP contribution in [-0.2, 0) is 41.5 Å². The maximum atomic E-state index is 13.6. The maximum Gasteiger partial charge on any atom is 0.330 e. The molecule has 0 aromatic heterocycles. The fourth-order valence-corrected chi connectivity index (χ4v) is 4.53. The molecular formula is C28H34N2O6. The van der Waals surface area contributed by atoms with Crippen molar-refractivity contribution in [2.24, 2.45) is 0 Å². The second-order valence-corrected chi connectivity index (χ2v) is 9.16. The number of benzene rings is 2. The van der Waals surface area contributed by atoms with Crippen molar-refractivity contribution in [2.45, 2.75) is 69.6 Å². The number of carbonyl (C=O) groups is 4. The van der Waals surface area contributed by atoms with Crippen molar-refractivity contribution >= 4 is 23.8 Å². The predicted molar refractivity (Wildman–Crippen MR) is 134 cm³/mol. The van der Waals surface area contributed by atoms with Crippen LogP contribution in [0.3, 0.4) is 0 Å². The van der Waals surface area contributed by atoms with Crippen LogP contribution in [0.5, 0.6) is 0 Å². The summed E-state index contributed by atoms with van der Waals surface area (Å²) in [5.41, 5.74) is 0.284. The molecule has 0 bridgehead atoms. The number of hydrogen-bond donors (Lipinski definition) is 2. The Morgan fingerprint density at radius 1 is 0.778 bits per heavy atom. The summed E-state index contributed by atoms with van der Waals surface area (Å²) in [5, 5.41) is 5.44. The van der Waals surface area contributed by atoms with E-state index in [4.69, 9.17) is 9.47 Å². The lowest BCUT2D eigenvalue weighted by molar-refractivity contribution is -0.175. The number of nitrogens with one attached hydrogen (secondary N) is 2. The van der Waals surface area contributed by atoms with Crippen LogP contribution in [0.25, 0.3) is 0 Å². The molecule has 36 heavy (non-hydrogen) atoms. The first-order valence-electron chi connectivity index (χ1n) is 12.3. The van der Waals surface area contributed by atoms with Crippen molar-refractivity contribution in [3.05, 3.63) is 71.8 Å². The maximum absolute atomic E-state index is 13.6. The Morgan fingerprint density at radius 2 is 1.28 bits per heavy atom. The van der Waals surface area contributed by atoms with E-state index in [1.54, 1.807) is 0 Å². The second-order valence-electron chi connectivity index (χ2n) is 9.16. The molecule has 0 aliphatic heterocycles. The first-order valence-corrected chi connectivity index (χ1v) is 12.3. The highest BCUT2D eigenvalue weighted by Gasteiger charge is 2.46. The molecule has 1 aliphatic rings. The molecule has 2 atom stereocenters. The van der Waals surface area contributed by atoms with Gasteiger partial charge in [0.05, 0.1) is 7.11 Å². The summed E-state index contributed by atoms with van der Waals surface area (Å²) in [7, 11) is 1.27. The molecule has 2 aromatic rings. The lowest BCUT2D eigenvalue weighted by Crippen LogP contribution is -2.57. The number of hydrogen-bond acceptors (Lipinski definition) is 6. The van der Waals surface area contributed by atoms with Crippen LogP contribution in [0, 0.1) is 0 Å². The van der Waals surface area contributed by atoms with Gasteiger partial charge in [-0.3, -0.25) is 9.59 Å². The number of ether oxygens (including phenoxy) is 2. The Balaban J connectivity index is 1.80. The van der Waals surface area contributed by atoms with Crippen molar-refractivity contribution in [1.29, 1.82) is 0 Å². The number of rotatable bonds is 10. The van der Waals surface area contributed by atoms with E-state index < -0.39 is 35.5 Å². The molecule has 1 fully saturated rings. The summed E-state index contributed by atoms with van der Waals surface area (Å²) in [6, 6.07) is 16.7. The number of methoxy groups -OCH3 is 1. The van der Waals surface area contributed by atoms with Gasteiger partial charge < -0.3 is 20.1 Å². The molecule has 1 aliphatic carbocycles. The predicted octanol–water partition coefficient (Wildman–Crippen LogP) is 2.88. The Hall–Kier alpha value is -3.68. The van der Waals surface area contributed by atoms with Gasteiger partial charge in [0.25, 0.3) is 5.91 Å². The lowest BCUT2D eigenvalue weighted by Gasteiger charge is -2.37. The molecule has 0 saturated heterocycles. The fraction of sp³-hybridized carbons (Fsp3) is 0.429. The van der Waals surface area contributed by atoms with E-state index in [0.717, 1.165) is 17.5 Å². The van der Waals surface area contributed by atoms with Crippen LogP contribution >= 0.6 is 0 Å². The van der Waals surface area contributed by atoms with E-state index in [9.17, 15) is 19.2 Å². The number of amides is 2. The zero-order valence-electron chi connectivity index (χ0n) is 20.8. The standard InChI is InChI=1S/C28H34N2O6/c1-20(31)29-24(19-22-14-8-4-9-15-22)26(33)36-28(16-10-5-11-17-28)27(34)30-23(25(32)35-2)18-21-12-6-3-7-13-21/h3-4,6-9,12-15,23-24H,5,10-11,16-19H2,1-2H3,(H,29,31)(H,30,34)/t23-,24-/m0/s1. The average Bonchev–Trinajstić information content (AvgIpc) is 2.89. The molecule has 0 spiro atoms. The Morgan fingerprint density at radius 3 is 1.75 bits per heavy atom. The quantitative estimate of drug-likeness (QED) is 0.492. The molecule has 0 radical (unpaired) electrons. The lowest BCUT2D eigenvalue weighted by atomic mass is 9.83. The summed E-state index contributed by atoms with van der Waals surface area (Å²) in [5.74, 6) is -2.15. The van der Waals surface area contributed by atoms with Crippen molar-refractivity contribution in [3.8, 4) is 0 Å². The van der Waals surface area contributed by atoms with E-state index in [1.165, 1.54) is 14.0 Å². The summed E-state index contributed by atoms with van der Waals surface area (Å²) in [6.45, 7) is 1.33. The second kappa shape index (κ2) is 12.9. The van der Waals surface area contributed by atoms with Gasteiger partial charge in [-0.25, -0.2) is 9.59 Å². The largest absolute Gasteiger partial charge is 0.467 e. The minimum atomic E-state index is -1.42. The van der Waals surface area contributed by atoms with Crippen molar-refractivity contribution in [3.63, 3.8) is 0 Å². The molecule has 2 amide bonds. The SMILES string of the molecule is COC(=O)[C@H](Cc1ccccc1)NC(=O)C1(OC(=O)[C@H](Cc2ccccc2)NC(C)=O)CCCCC1. The van der Waals surface area contributed by atoms with Gasteiger partial charge in [0.1, 0.15) is 12.1 Å². The summed E-state index contributed by atoms with van der Waals surface area (Å²) in [6.07, 6.45) is 3.46. The molecule has 8 nitrogen and oxygen atoms in total. The van der Waals surface area contributed by atoms with Gasteiger partial charge in [0.15, 0.2) is 5.60 Å². The highest BCUT2D eigenvalue weighted by molar-refractivity contribution is 5.93. The van der Waals surface area contributed by atoms with Crippen LogP contribution in [-0.4, -0.2) is 48.5 Å². The van der Waals surface area contributed by atoms with Crippen molar-refractivity contribution < 1.29 is 28.7 Å². The molecule has 2 N–H and O–H groups in total. The van der Waals surface area contributed by atoms with Crippen LogP contribution in [0.1, 0.15) is 50.2 Å². The average molecular weight is 495 g/mol. The summed E-state index contributed by atoms with van der Waals surface area (Å²) in [4.78, 5) is 51.2. The van der Waals surface area contributed by atoms with Gasteiger partial charge in [-0.05, 0) is 36.8 Å². The Kier molecular flexibility index (Phi) is 9.61. The minimum Gasteiger partial charge on any atom is -0.467 e. The van der Waals surface area contributed by atoms with Gasteiger partial charge in [-0.1, -0.05) is 67.1 Å². The summed E-state index contributed by atoms with van der Waals surface area (Å²) >= 11 is 0. The Labute approximate surface area is 211 Å². The van der Waals surface area contributed by atoms with Crippen LogP contribution in [0.2, 0.25) is 0 Å². The van der Waals surface area contributed by atoms with Gasteiger partial charge in [-0.15, -0.1) is 0 Å². The van der Waals surface area contributed by atoms with Crippen molar-refractivity contribution in [1.82, 2.24) is 10.6 Å². The van der Waals surface area contributed by atoms with Crippen LogP contribution < -0.4 is 10.6 Å². The molecular weight excluding hydrogens is 460 g/mol. The molecule has 2 aromatic carbocycles. The van der Waals surface area contributed by atoms with E-state index >= 15 is 0 Å². The normalized spacial score (nSPS) is 16.2. The molecule has 192 valence electrons. The Bertz CT molecular complexity index is 1030. The molecule has 0 unspecified atom stereocenters. The third-order valence-electron chi connectivity index (χ3n) is 6.39. The number of esters is 2. The van der Waals surface area contributed by atoms with Gasteiger partial charge in [0.2, 0.25) is 5.91 Å². The zero-order valence-corrected chi connectivity index (χ0v) is 20.8. The molecule has 1 saturated carbocycles. The monoisotopic (exact) mass is 494 g/mol. The van der Waals surface area contributed by atoms with Gasteiger partial charge in [-0.2, -0.15) is 0 Å². The first-order chi connectivity index (χ1) is 17.3. The third kappa shape index (κ3) is 7.41. The van der Waals surface area contributed by atoms with Crippen LogP contribution in [0.15, 0.2) is 60.7 Å². The molecule has 0 heterocycles. The summed E-state index contributed by atoms with van der Waals surface area (Å²) < 4.78 is 10.8. The third-order valence-corrected chi connectivity index (χ3v) is 6.39. The smallest absolute Gasteiger partial charge is 0.330 e. The van der Waals surface area contributed by atoms with E-state index in [-0.39, 0.29) is 18.7 Å². The molecule has 8 heteroatoms. The van der Waals surface area contributed by atoms with E-state index in [1.807, 2.05) is 60.7 Å². The highest BCUT2D eigenvalue weighted by atomic mass is 16.6. The van der Waals surface area contributed by atoms with E-state index in [0.29, 0.717) is 25.7 Å². The van der Waals surface area contributed by atoms with E-state index in [2.05, 4.69) is 10.6 Å². The molecule has 3 rings (SSSR count). The zero-order chi connectivity index (χ0) is 26.0. The van der Waals surface area contributed by atoms with Crippen LogP contribution in [0.4, 0.5) is 0 Å². The topological polar surface area (TPSA) is 111 Å². The number of carbonyl (C=O) groups excluding carboxylic acids is 4. The first kappa shape index (κ1) is 26.9. The van der Waals surface area contributed by atoms with Gasteiger partial charge in [0, 0.05) is 19.8 Å². The fourth-order valence-electron chi connectivity index (χ4n) is 4.53. The van der Waals surface area contributed by atoms with Gasteiger partial charge >= 0.3 is 11.9 Å². The highest BCUT2D eigenvalue weighted by Crippen LogP contribution is 2.33. The van der Waals surface area contributed by atoms with Crippen molar-refractivity contribution in [2.75, 3.05) is 7.11 Å².